The van der Waals surface area contributed by atoms with Crippen LogP contribution in [-0.2, 0) is 11.0 Å². The Bertz CT molecular complexity index is 829. The summed E-state index contributed by atoms with van der Waals surface area (Å²) < 4.78 is 38.9. The van der Waals surface area contributed by atoms with Crippen LogP contribution in [-0.4, -0.2) is 11.1 Å². The van der Waals surface area contributed by atoms with E-state index in [1.165, 1.54) is 36.5 Å². The molecule has 1 aromatic heterocycles. The summed E-state index contributed by atoms with van der Waals surface area (Å²) in [5.41, 5.74) is -0.951. The van der Waals surface area contributed by atoms with Gasteiger partial charge in [0.2, 0.25) is 0 Å². The van der Waals surface area contributed by atoms with Crippen LogP contribution in [0.1, 0.15) is 22.9 Å². The first-order chi connectivity index (χ1) is 10.7. The first-order valence-electron chi connectivity index (χ1n) is 6.35. The van der Waals surface area contributed by atoms with Gasteiger partial charge in [-0.25, -0.2) is 4.79 Å². The lowest BCUT2D eigenvalue weighted by atomic mass is 10.0. The molecule has 1 heterocycles. The number of carbonyl (C=O) groups is 1. The van der Waals surface area contributed by atoms with Gasteiger partial charge in [-0.15, -0.1) is 11.3 Å². The highest BCUT2D eigenvalue weighted by Gasteiger charge is 2.33. The number of hydrogen-bond acceptors (Lipinski definition) is 3. The Hall–Kier alpha value is -2.59. The summed E-state index contributed by atoms with van der Waals surface area (Å²) in [6, 6.07) is 8.30. The number of carboxylic acid groups (broad SMARTS) is 1. The fraction of sp³-hybridized carbons (Fsp3) is 0.125. The predicted molar refractivity (Wildman–Crippen MR) is 80.8 cm³/mol. The normalized spacial score (nSPS) is 12.0. The van der Waals surface area contributed by atoms with Crippen molar-refractivity contribution in [2.45, 2.75) is 13.1 Å². The summed E-state index contributed by atoms with van der Waals surface area (Å²) in [6.45, 7) is 1.44. The molecule has 0 amide bonds. The van der Waals surface area contributed by atoms with Crippen LogP contribution in [0.3, 0.4) is 0 Å². The number of alkyl halides is 3. The van der Waals surface area contributed by atoms with Crippen molar-refractivity contribution in [1.29, 1.82) is 5.26 Å². The molecule has 0 aliphatic rings. The van der Waals surface area contributed by atoms with Crippen LogP contribution in [0.5, 0.6) is 0 Å². The van der Waals surface area contributed by atoms with Crippen molar-refractivity contribution in [2.75, 3.05) is 0 Å². The fourth-order valence-electron chi connectivity index (χ4n) is 1.89. The molecule has 3 nitrogen and oxygen atoms in total. The zero-order chi connectivity index (χ0) is 17.2. The molecule has 2 rings (SSSR count). The molecule has 0 aliphatic carbocycles. The average molecular weight is 337 g/mol. The highest BCUT2D eigenvalue weighted by atomic mass is 32.1. The van der Waals surface area contributed by atoms with E-state index in [-0.39, 0.29) is 5.57 Å². The van der Waals surface area contributed by atoms with E-state index in [0.29, 0.717) is 15.3 Å². The summed E-state index contributed by atoms with van der Waals surface area (Å²) in [6.07, 6.45) is -3.16. The van der Waals surface area contributed by atoms with E-state index in [1.54, 1.807) is 12.1 Å². The monoisotopic (exact) mass is 337 g/mol. The molecule has 7 heteroatoms. The van der Waals surface area contributed by atoms with Gasteiger partial charge >= 0.3 is 12.1 Å². The number of hydrogen-bond donors (Lipinski definition) is 1. The third-order valence-corrected chi connectivity index (χ3v) is 4.13. The minimum Gasteiger partial charge on any atom is -0.478 e. The van der Waals surface area contributed by atoms with E-state index in [2.05, 4.69) is 0 Å². The zero-order valence-electron chi connectivity index (χ0n) is 11.8. The Morgan fingerprint density at radius 1 is 1.30 bits per heavy atom. The number of thiophene rings is 1. The average Bonchev–Trinajstić information content (AvgIpc) is 2.94. The highest BCUT2D eigenvalue weighted by Crippen LogP contribution is 2.36. The maximum atomic E-state index is 13.0. The summed E-state index contributed by atoms with van der Waals surface area (Å²) in [5, 5.41) is 17.6. The molecular weight excluding hydrogens is 327 g/mol. The van der Waals surface area contributed by atoms with E-state index in [1.807, 2.05) is 0 Å². The van der Waals surface area contributed by atoms with Crippen molar-refractivity contribution in [1.82, 2.24) is 0 Å². The van der Waals surface area contributed by atoms with Crippen LogP contribution in [0, 0.1) is 11.3 Å². The smallest absolute Gasteiger partial charge is 0.417 e. The lowest BCUT2D eigenvalue weighted by molar-refractivity contribution is -0.137. The van der Waals surface area contributed by atoms with E-state index in [0.717, 1.165) is 12.1 Å². The summed E-state index contributed by atoms with van der Waals surface area (Å²) in [5.74, 6) is -1.06. The summed E-state index contributed by atoms with van der Waals surface area (Å²) in [7, 11) is 0. The second-order valence-corrected chi connectivity index (χ2v) is 5.82. The molecule has 1 N–H and O–H groups in total. The number of nitriles is 1. The van der Waals surface area contributed by atoms with Gasteiger partial charge in [0.05, 0.1) is 17.2 Å². The van der Waals surface area contributed by atoms with Gasteiger partial charge in [0.1, 0.15) is 0 Å². The minimum absolute atomic E-state index is 0.134. The second-order valence-electron chi connectivity index (χ2n) is 4.70. The van der Waals surface area contributed by atoms with Crippen molar-refractivity contribution in [2.24, 2.45) is 0 Å². The fourth-order valence-corrected chi connectivity index (χ4v) is 2.90. The number of rotatable bonds is 3. The van der Waals surface area contributed by atoms with Crippen molar-refractivity contribution >= 4 is 23.4 Å². The van der Waals surface area contributed by atoms with Crippen molar-refractivity contribution < 1.29 is 23.1 Å². The molecular formula is C16H10F3NO2S. The molecule has 2 aromatic rings. The van der Waals surface area contributed by atoms with Gasteiger partial charge in [-0.2, -0.15) is 18.4 Å². The number of halogens is 3. The van der Waals surface area contributed by atoms with Gasteiger partial charge in [0.25, 0.3) is 0 Å². The molecule has 0 unspecified atom stereocenters. The SMILES string of the molecule is C/C(=C\c1ccc(-c2ccc(C#N)c(C(F)(F)F)c2)s1)C(=O)O. The molecule has 0 spiro atoms. The molecule has 118 valence electrons. The van der Waals surface area contributed by atoms with Gasteiger partial charge in [-0.1, -0.05) is 6.07 Å². The van der Waals surface area contributed by atoms with E-state index < -0.39 is 23.3 Å². The van der Waals surface area contributed by atoms with E-state index in [9.17, 15) is 18.0 Å². The topological polar surface area (TPSA) is 61.1 Å². The first-order valence-corrected chi connectivity index (χ1v) is 7.17. The van der Waals surface area contributed by atoms with Crippen molar-refractivity contribution in [3.05, 3.63) is 51.9 Å². The third-order valence-electron chi connectivity index (χ3n) is 3.05. The predicted octanol–water partition coefficient (Wildman–Crippen LogP) is 4.79. The van der Waals surface area contributed by atoms with Gasteiger partial charge in [-0.05, 0) is 42.8 Å². The van der Waals surface area contributed by atoms with E-state index in [4.69, 9.17) is 10.4 Å². The molecule has 0 fully saturated rings. The van der Waals surface area contributed by atoms with Gasteiger partial charge < -0.3 is 5.11 Å². The summed E-state index contributed by atoms with van der Waals surface area (Å²) >= 11 is 1.17. The standard InChI is InChI=1S/C16H10F3NO2S/c1-9(15(21)22)6-12-4-5-14(23-12)10-2-3-11(8-20)13(7-10)16(17,18)19/h2-7H,1H3,(H,21,22)/b9-6+. The zero-order valence-corrected chi connectivity index (χ0v) is 12.6. The number of carboxylic acids is 1. The largest absolute Gasteiger partial charge is 0.478 e. The number of aliphatic carboxylic acids is 1. The van der Waals surface area contributed by atoms with Crippen LogP contribution < -0.4 is 0 Å². The Morgan fingerprint density at radius 3 is 2.57 bits per heavy atom. The van der Waals surface area contributed by atoms with E-state index >= 15 is 0 Å². The second kappa shape index (κ2) is 6.26. The number of benzene rings is 1. The van der Waals surface area contributed by atoms with Gasteiger partial charge in [0.15, 0.2) is 0 Å². The molecule has 1 aromatic carbocycles. The Labute approximate surface area is 133 Å². The van der Waals surface area contributed by atoms with Crippen molar-refractivity contribution in [3.63, 3.8) is 0 Å². The molecule has 0 saturated carbocycles. The molecule has 0 atom stereocenters. The third kappa shape index (κ3) is 3.79. The summed E-state index contributed by atoms with van der Waals surface area (Å²) in [4.78, 5) is 12.0. The van der Waals surface area contributed by atoms with Crippen LogP contribution in [0.2, 0.25) is 0 Å². The molecule has 23 heavy (non-hydrogen) atoms. The number of nitrogens with zero attached hydrogens (tertiary/aromatic N) is 1. The maximum Gasteiger partial charge on any atom is 0.417 e. The lowest BCUT2D eigenvalue weighted by Crippen LogP contribution is -2.07. The Kier molecular flexibility index (Phi) is 4.57. The maximum absolute atomic E-state index is 13.0. The van der Waals surface area contributed by atoms with Crippen LogP contribution in [0.4, 0.5) is 13.2 Å². The van der Waals surface area contributed by atoms with Gasteiger partial charge in [-0.3, -0.25) is 0 Å². The van der Waals surface area contributed by atoms with Crippen LogP contribution >= 0.6 is 11.3 Å². The van der Waals surface area contributed by atoms with Crippen LogP contribution in [0.25, 0.3) is 16.5 Å². The Morgan fingerprint density at radius 2 is 2.00 bits per heavy atom. The minimum atomic E-state index is -4.61. The van der Waals surface area contributed by atoms with Crippen molar-refractivity contribution in [3.8, 4) is 16.5 Å². The Balaban J connectivity index is 2.45. The molecule has 0 aliphatic heterocycles. The molecule has 0 bridgehead atoms. The lowest BCUT2D eigenvalue weighted by Gasteiger charge is -2.10. The van der Waals surface area contributed by atoms with Gasteiger partial charge in [0, 0.05) is 15.3 Å². The quantitative estimate of drug-likeness (QED) is 0.819. The van der Waals surface area contributed by atoms with Crippen LogP contribution in [0.15, 0.2) is 35.9 Å². The first kappa shape index (κ1) is 16.8. The molecule has 0 radical (unpaired) electrons. The highest BCUT2D eigenvalue weighted by molar-refractivity contribution is 7.16. The molecule has 0 saturated heterocycles.